The molecule has 4 aliphatic rings. The Morgan fingerprint density at radius 1 is 0.793 bits per heavy atom. The maximum absolute atomic E-state index is 11.0. The van der Waals surface area contributed by atoms with Gasteiger partial charge in [-0.2, -0.15) is 0 Å². The second kappa shape index (κ2) is 8.07. The van der Waals surface area contributed by atoms with Gasteiger partial charge in [0.15, 0.2) is 6.29 Å². The monoisotopic (exact) mass is 408 g/mol. The Morgan fingerprint density at radius 2 is 1.48 bits per heavy atom. The third-order valence-corrected chi connectivity index (χ3v) is 10.6. The standard InChI is InChI=1S/C25H44O4/c1-15(4-9-23(28)29)18-6-7-19-17-5-8-22(27)21-14-16(26)10-12-25(21,3)20(17)11-13-24(18,19)2/h15-23,26-29H,4-14H2,1-3H3/t15-,16+,17-,18-,19+,20+,21?,22?,24-,25-/m1/s1. The van der Waals surface area contributed by atoms with Gasteiger partial charge in [0.1, 0.15) is 0 Å². The maximum Gasteiger partial charge on any atom is 0.151 e. The van der Waals surface area contributed by atoms with Crippen LogP contribution in [-0.4, -0.2) is 38.9 Å². The molecule has 4 rings (SSSR count). The molecule has 0 aromatic heterocycles. The van der Waals surface area contributed by atoms with Crippen LogP contribution in [0.15, 0.2) is 0 Å². The predicted molar refractivity (Wildman–Crippen MR) is 114 cm³/mol. The first-order chi connectivity index (χ1) is 13.7. The van der Waals surface area contributed by atoms with Gasteiger partial charge in [0.05, 0.1) is 12.2 Å². The molecule has 0 bridgehead atoms. The zero-order chi connectivity index (χ0) is 21.0. The number of rotatable bonds is 4. The molecule has 4 heteroatoms. The lowest BCUT2D eigenvalue weighted by atomic mass is 9.48. The Hall–Kier alpha value is -0.160. The van der Waals surface area contributed by atoms with Crippen LogP contribution in [0.4, 0.5) is 0 Å². The van der Waals surface area contributed by atoms with Gasteiger partial charge in [-0.15, -0.1) is 0 Å². The highest BCUT2D eigenvalue weighted by Crippen LogP contribution is 2.67. The molecule has 4 fully saturated rings. The van der Waals surface area contributed by atoms with Gasteiger partial charge < -0.3 is 20.4 Å². The molecule has 0 amide bonds. The summed E-state index contributed by atoms with van der Waals surface area (Å²) < 4.78 is 0. The first-order valence-corrected chi connectivity index (χ1v) is 12.4. The number of aliphatic hydroxyl groups is 4. The van der Waals surface area contributed by atoms with Gasteiger partial charge >= 0.3 is 0 Å². The van der Waals surface area contributed by atoms with E-state index in [1.165, 1.54) is 25.7 Å². The van der Waals surface area contributed by atoms with Crippen molar-refractivity contribution < 1.29 is 20.4 Å². The average Bonchev–Trinajstić information content (AvgIpc) is 2.98. The molecule has 29 heavy (non-hydrogen) atoms. The van der Waals surface area contributed by atoms with E-state index in [0.717, 1.165) is 44.4 Å². The molecule has 10 atom stereocenters. The van der Waals surface area contributed by atoms with Crippen molar-refractivity contribution >= 4 is 0 Å². The normalized spacial score (nSPS) is 51.1. The van der Waals surface area contributed by atoms with E-state index in [1.54, 1.807) is 0 Å². The molecule has 0 radical (unpaired) electrons. The SMILES string of the molecule is C[C@H](CCC(O)O)[C@H]1CC[C@H]2[C@H]3CCC(O)C4C[C@@H](O)CC[C@]4(C)[C@H]3CC[C@]12C. The number of aliphatic hydroxyl groups excluding tert-OH is 3. The topological polar surface area (TPSA) is 80.9 Å². The van der Waals surface area contributed by atoms with Crippen LogP contribution in [0.3, 0.4) is 0 Å². The quantitative estimate of drug-likeness (QED) is 0.528. The maximum atomic E-state index is 11.0. The Labute approximate surface area is 177 Å². The van der Waals surface area contributed by atoms with Crippen LogP contribution in [0.25, 0.3) is 0 Å². The molecular formula is C25H44O4. The summed E-state index contributed by atoms with van der Waals surface area (Å²) in [6, 6.07) is 0. The largest absolute Gasteiger partial charge is 0.393 e. The first-order valence-electron chi connectivity index (χ1n) is 12.4. The minimum absolute atomic E-state index is 0.172. The summed E-state index contributed by atoms with van der Waals surface area (Å²) in [6.07, 6.45) is 9.61. The second-order valence-corrected chi connectivity index (χ2v) is 11.8. The van der Waals surface area contributed by atoms with Gasteiger partial charge in [-0.25, -0.2) is 0 Å². The molecule has 0 aliphatic heterocycles. The van der Waals surface area contributed by atoms with Crippen molar-refractivity contribution in [3.8, 4) is 0 Å². The van der Waals surface area contributed by atoms with Gasteiger partial charge in [0.2, 0.25) is 0 Å². The van der Waals surface area contributed by atoms with Crippen LogP contribution in [0, 0.1) is 46.3 Å². The average molecular weight is 409 g/mol. The van der Waals surface area contributed by atoms with Crippen molar-refractivity contribution in [1.29, 1.82) is 0 Å². The molecule has 0 heterocycles. The zero-order valence-electron chi connectivity index (χ0n) is 18.8. The van der Waals surface area contributed by atoms with Crippen LogP contribution < -0.4 is 0 Å². The fourth-order valence-corrected chi connectivity index (χ4v) is 9.06. The minimum atomic E-state index is -1.18. The molecule has 2 unspecified atom stereocenters. The minimum Gasteiger partial charge on any atom is -0.393 e. The van der Waals surface area contributed by atoms with Crippen molar-refractivity contribution in [3.05, 3.63) is 0 Å². The van der Waals surface area contributed by atoms with Crippen LogP contribution in [0.2, 0.25) is 0 Å². The summed E-state index contributed by atoms with van der Waals surface area (Å²) in [4.78, 5) is 0. The van der Waals surface area contributed by atoms with Gasteiger partial charge in [0.25, 0.3) is 0 Å². The van der Waals surface area contributed by atoms with Crippen molar-refractivity contribution in [2.75, 3.05) is 0 Å². The second-order valence-electron chi connectivity index (χ2n) is 11.8. The van der Waals surface area contributed by atoms with E-state index in [2.05, 4.69) is 20.8 Å². The van der Waals surface area contributed by atoms with Crippen LogP contribution in [-0.2, 0) is 0 Å². The van der Waals surface area contributed by atoms with Crippen LogP contribution in [0.1, 0.15) is 91.4 Å². The van der Waals surface area contributed by atoms with Gasteiger partial charge in [0, 0.05) is 0 Å². The summed E-state index contributed by atoms with van der Waals surface area (Å²) in [6.45, 7) is 7.29. The lowest BCUT2D eigenvalue weighted by Crippen LogP contribution is -2.51. The fraction of sp³-hybridized carbons (Fsp3) is 1.00. The highest BCUT2D eigenvalue weighted by atomic mass is 16.5. The summed E-state index contributed by atoms with van der Waals surface area (Å²) in [7, 11) is 0. The van der Waals surface area contributed by atoms with Gasteiger partial charge in [-0.1, -0.05) is 20.8 Å². The van der Waals surface area contributed by atoms with E-state index in [1.807, 2.05) is 0 Å². The molecule has 4 saturated carbocycles. The van der Waals surface area contributed by atoms with E-state index in [9.17, 15) is 20.4 Å². The Kier molecular flexibility index (Phi) is 6.14. The lowest BCUT2D eigenvalue weighted by molar-refractivity contribution is -0.107. The third-order valence-electron chi connectivity index (χ3n) is 10.6. The van der Waals surface area contributed by atoms with E-state index in [-0.39, 0.29) is 23.5 Å². The summed E-state index contributed by atoms with van der Waals surface area (Å²) in [5, 5.41) is 40.0. The van der Waals surface area contributed by atoms with E-state index >= 15 is 0 Å². The zero-order valence-corrected chi connectivity index (χ0v) is 18.8. The van der Waals surface area contributed by atoms with Crippen LogP contribution in [0.5, 0.6) is 0 Å². The predicted octanol–water partition coefficient (Wildman–Crippen LogP) is 4.09. The van der Waals surface area contributed by atoms with Crippen molar-refractivity contribution in [3.63, 3.8) is 0 Å². The molecule has 0 spiro atoms. The lowest BCUT2D eigenvalue weighted by Gasteiger charge is -2.57. The summed E-state index contributed by atoms with van der Waals surface area (Å²) in [5.74, 6) is 3.60. The van der Waals surface area contributed by atoms with Crippen molar-refractivity contribution in [2.45, 2.75) is 110 Å². The van der Waals surface area contributed by atoms with Crippen LogP contribution >= 0.6 is 0 Å². The van der Waals surface area contributed by atoms with Gasteiger partial charge in [-0.05, 0) is 117 Å². The summed E-state index contributed by atoms with van der Waals surface area (Å²) >= 11 is 0. The summed E-state index contributed by atoms with van der Waals surface area (Å²) in [5.41, 5.74) is 0.530. The van der Waals surface area contributed by atoms with Crippen molar-refractivity contribution in [1.82, 2.24) is 0 Å². The molecule has 4 aliphatic carbocycles. The Balaban J connectivity index is 1.56. The number of hydrogen-bond acceptors (Lipinski definition) is 4. The number of fused-ring (bicyclic) bond motifs is 5. The van der Waals surface area contributed by atoms with E-state index < -0.39 is 6.29 Å². The molecular weight excluding hydrogens is 364 g/mol. The number of hydrogen-bond donors (Lipinski definition) is 4. The highest BCUT2D eigenvalue weighted by Gasteiger charge is 2.60. The van der Waals surface area contributed by atoms with E-state index in [4.69, 9.17) is 0 Å². The van der Waals surface area contributed by atoms with Gasteiger partial charge in [-0.3, -0.25) is 0 Å². The first kappa shape index (κ1) is 22.0. The fourth-order valence-electron chi connectivity index (χ4n) is 9.06. The molecule has 0 saturated heterocycles. The highest BCUT2D eigenvalue weighted by molar-refractivity contribution is 5.09. The molecule has 0 aromatic carbocycles. The molecule has 0 aromatic rings. The Morgan fingerprint density at radius 3 is 2.21 bits per heavy atom. The molecule has 4 nitrogen and oxygen atoms in total. The van der Waals surface area contributed by atoms with Crippen molar-refractivity contribution in [2.24, 2.45) is 46.3 Å². The molecule has 4 N–H and O–H groups in total. The molecule has 168 valence electrons. The van der Waals surface area contributed by atoms with E-state index in [0.29, 0.717) is 35.5 Å². The smallest absolute Gasteiger partial charge is 0.151 e. The third kappa shape index (κ3) is 3.70. The Bertz CT molecular complexity index is 579.